The number of carbonyl (C=O) groups excluding carboxylic acids is 1. The Labute approximate surface area is 103 Å². The first-order chi connectivity index (χ1) is 8.33. The van der Waals surface area contributed by atoms with Gasteiger partial charge in [0.25, 0.3) is 0 Å². The summed E-state index contributed by atoms with van der Waals surface area (Å²) in [5, 5.41) is 2.71. The highest BCUT2D eigenvalue weighted by molar-refractivity contribution is 8.01. The average Bonchev–Trinajstić information content (AvgIpc) is 2.96. The van der Waals surface area contributed by atoms with E-state index < -0.39 is 0 Å². The third kappa shape index (κ3) is 2.06. The van der Waals surface area contributed by atoms with Crippen molar-refractivity contribution in [1.82, 2.24) is 9.97 Å². The number of nitrogens with one attached hydrogen (secondary N) is 2. The number of hydrogen-bond donors (Lipinski definition) is 2. The van der Waals surface area contributed by atoms with Crippen LogP contribution in [-0.2, 0) is 11.2 Å². The molecule has 1 aromatic carbocycles. The van der Waals surface area contributed by atoms with Gasteiger partial charge in [0.05, 0.1) is 5.25 Å². The van der Waals surface area contributed by atoms with Crippen molar-refractivity contribution in [3.8, 4) is 0 Å². The van der Waals surface area contributed by atoms with Crippen LogP contribution in [0, 0.1) is 0 Å². The van der Waals surface area contributed by atoms with Crippen molar-refractivity contribution < 1.29 is 4.79 Å². The lowest BCUT2D eigenvalue weighted by molar-refractivity contribution is -0.115. The second kappa shape index (κ2) is 4.25. The molecule has 0 spiro atoms. The first-order valence-corrected chi connectivity index (χ1v) is 6.26. The lowest BCUT2D eigenvalue weighted by Crippen LogP contribution is -2.25. The van der Waals surface area contributed by atoms with Gasteiger partial charge in [0.1, 0.15) is 0 Å². The Balaban J connectivity index is 1.70. The maximum atomic E-state index is 12.0. The lowest BCUT2D eigenvalue weighted by Gasteiger charge is -2.07. The summed E-state index contributed by atoms with van der Waals surface area (Å²) in [5.41, 5.74) is 1.25. The Morgan fingerprint density at radius 2 is 2.35 bits per heavy atom. The molecule has 1 atom stereocenters. The van der Waals surface area contributed by atoms with E-state index in [0.717, 1.165) is 6.42 Å². The number of aromatic amines is 1. The van der Waals surface area contributed by atoms with E-state index in [9.17, 15) is 4.79 Å². The standard InChI is InChI=1S/C12H11N3OS/c16-11(15-12-13-5-6-14-12)10-7-8-3-1-2-4-9(8)17-10/h1-6,10H,7H2,(H2,13,14,15,16). The van der Waals surface area contributed by atoms with E-state index in [1.807, 2.05) is 12.1 Å². The average molecular weight is 245 g/mol. The fourth-order valence-electron chi connectivity index (χ4n) is 1.86. The summed E-state index contributed by atoms with van der Waals surface area (Å²) in [7, 11) is 0. The number of rotatable bonds is 2. The highest BCUT2D eigenvalue weighted by Gasteiger charge is 2.28. The van der Waals surface area contributed by atoms with Gasteiger partial charge in [0.15, 0.2) is 0 Å². The van der Waals surface area contributed by atoms with Gasteiger partial charge >= 0.3 is 0 Å². The summed E-state index contributed by atoms with van der Waals surface area (Å²) < 4.78 is 0. The molecule has 1 aliphatic rings. The van der Waals surface area contributed by atoms with Crippen LogP contribution in [0.1, 0.15) is 5.56 Å². The SMILES string of the molecule is O=C(Nc1ncc[nH]1)C1Cc2ccccc2S1. The molecule has 0 saturated carbocycles. The number of imidazole rings is 1. The largest absolute Gasteiger partial charge is 0.331 e. The van der Waals surface area contributed by atoms with Crippen LogP contribution in [0.3, 0.4) is 0 Å². The molecule has 17 heavy (non-hydrogen) atoms. The van der Waals surface area contributed by atoms with E-state index in [1.54, 1.807) is 24.2 Å². The number of aromatic nitrogens is 2. The molecular weight excluding hydrogens is 234 g/mol. The number of thioether (sulfide) groups is 1. The van der Waals surface area contributed by atoms with Gasteiger partial charge < -0.3 is 4.98 Å². The number of amides is 1. The Kier molecular flexibility index (Phi) is 2.60. The predicted octanol–water partition coefficient (Wildman–Crippen LogP) is 2.07. The zero-order valence-electron chi connectivity index (χ0n) is 9.01. The molecule has 0 aliphatic carbocycles. The Hall–Kier alpha value is -1.75. The molecule has 1 amide bonds. The highest BCUT2D eigenvalue weighted by Crippen LogP contribution is 2.37. The van der Waals surface area contributed by atoms with Crippen molar-refractivity contribution in [3.63, 3.8) is 0 Å². The molecule has 2 N–H and O–H groups in total. The van der Waals surface area contributed by atoms with Gasteiger partial charge in [-0.1, -0.05) is 18.2 Å². The van der Waals surface area contributed by atoms with Gasteiger partial charge in [0.2, 0.25) is 11.9 Å². The summed E-state index contributed by atoms with van der Waals surface area (Å²) in [6.45, 7) is 0. The van der Waals surface area contributed by atoms with Gasteiger partial charge in [-0.25, -0.2) is 4.98 Å². The first-order valence-electron chi connectivity index (χ1n) is 5.38. The number of nitrogens with zero attached hydrogens (tertiary/aromatic N) is 1. The van der Waals surface area contributed by atoms with Gasteiger partial charge in [-0.2, -0.15) is 0 Å². The minimum Gasteiger partial charge on any atom is -0.331 e. The smallest absolute Gasteiger partial charge is 0.240 e. The predicted molar refractivity (Wildman–Crippen MR) is 67.0 cm³/mol. The van der Waals surface area contributed by atoms with Crippen molar-refractivity contribution >= 4 is 23.6 Å². The zero-order chi connectivity index (χ0) is 11.7. The number of anilines is 1. The van der Waals surface area contributed by atoms with E-state index >= 15 is 0 Å². The molecule has 4 nitrogen and oxygen atoms in total. The van der Waals surface area contributed by atoms with Crippen LogP contribution >= 0.6 is 11.8 Å². The number of benzene rings is 1. The van der Waals surface area contributed by atoms with Crippen molar-refractivity contribution in [1.29, 1.82) is 0 Å². The summed E-state index contributed by atoms with van der Waals surface area (Å²) in [5.74, 6) is 0.507. The van der Waals surface area contributed by atoms with E-state index in [0.29, 0.717) is 5.95 Å². The van der Waals surface area contributed by atoms with E-state index in [4.69, 9.17) is 0 Å². The molecule has 1 aliphatic heterocycles. The highest BCUT2D eigenvalue weighted by atomic mass is 32.2. The molecule has 2 heterocycles. The summed E-state index contributed by atoms with van der Waals surface area (Å²) in [4.78, 5) is 20.0. The number of H-pyrrole nitrogens is 1. The third-order valence-corrected chi connectivity index (χ3v) is 4.00. The van der Waals surface area contributed by atoms with E-state index in [-0.39, 0.29) is 11.2 Å². The van der Waals surface area contributed by atoms with Crippen molar-refractivity contribution in [2.75, 3.05) is 5.32 Å². The maximum Gasteiger partial charge on any atom is 0.240 e. The quantitative estimate of drug-likeness (QED) is 0.851. The fraction of sp³-hybridized carbons (Fsp3) is 0.167. The molecule has 0 radical (unpaired) electrons. The molecule has 1 unspecified atom stereocenters. The van der Waals surface area contributed by atoms with E-state index in [1.165, 1.54) is 10.5 Å². The molecule has 86 valence electrons. The second-order valence-electron chi connectivity index (χ2n) is 3.85. The van der Waals surface area contributed by atoms with Gasteiger partial charge in [-0.05, 0) is 18.1 Å². The molecule has 0 fully saturated rings. The molecule has 0 bridgehead atoms. The summed E-state index contributed by atoms with van der Waals surface area (Å²) in [6.07, 6.45) is 4.09. The van der Waals surface area contributed by atoms with Crippen LogP contribution in [0.4, 0.5) is 5.95 Å². The van der Waals surface area contributed by atoms with Crippen LogP contribution in [0.25, 0.3) is 0 Å². The molecule has 3 rings (SSSR count). The third-order valence-electron chi connectivity index (χ3n) is 2.68. The van der Waals surface area contributed by atoms with Crippen molar-refractivity contribution in [3.05, 3.63) is 42.2 Å². The Bertz CT molecular complexity index is 513. The van der Waals surface area contributed by atoms with Gasteiger partial charge in [-0.3, -0.25) is 10.1 Å². The number of carbonyl (C=O) groups is 1. The van der Waals surface area contributed by atoms with Crippen LogP contribution in [0.15, 0.2) is 41.6 Å². The fourth-order valence-corrected chi connectivity index (χ4v) is 3.05. The summed E-state index contributed by atoms with van der Waals surface area (Å²) in [6, 6.07) is 8.13. The van der Waals surface area contributed by atoms with Gasteiger partial charge in [-0.15, -0.1) is 11.8 Å². The minimum atomic E-state index is -0.0579. The topological polar surface area (TPSA) is 57.8 Å². The van der Waals surface area contributed by atoms with Crippen LogP contribution in [0.2, 0.25) is 0 Å². The van der Waals surface area contributed by atoms with Crippen LogP contribution < -0.4 is 5.32 Å². The van der Waals surface area contributed by atoms with Crippen LogP contribution in [-0.4, -0.2) is 21.1 Å². The zero-order valence-corrected chi connectivity index (χ0v) is 9.83. The molecule has 1 aromatic heterocycles. The normalized spacial score (nSPS) is 17.8. The Morgan fingerprint density at radius 1 is 1.47 bits per heavy atom. The molecule has 5 heteroatoms. The second-order valence-corrected chi connectivity index (χ2v) is 5.09. The number of fused-ring (bicyclic) bond motifs is 1. The van der Waals surface area contributed by atoms with Crippen molar-refractivity contribution in [2.24, 2.45) is 0 Å². The first kappa shape index (κ1) is 10.4. The minimum absolute atomic E-state index is 0.00106. The maximum absolute atomic E-state index is 12.0. The van der Waals surface area contributed by atoms with Gasteiger partial charge in [0, 0.05) is 17.3 Å². The molecular formula is C12H11N3OS. The summed E-state index contributed by atoms with van der Waals surface area (Å²) >= 11 is 1.61. The van der Waals surface area contributed by atoms with E-state index in [2.05, 4.69) is 27.4 Å². The Morgan fingerprint density at radius 3 is 3.12 bits per heavy atom. The number of hydrogen-bond acceptors (Lipinski definition) is 3. The molecule has 2 aromatic rings. The van der Waals surface area contributed by atoms with Crippen LogP contribution in [0.5, 0.6) is 0 Å². The lowest BCUT2D eigenvalue weighted by atomic mass is 10.1. The monoisotopic (exact) mass is 245 g/mol. The molecule has 0 saturated heterocycles. The van der Waals surface area contributed by atoms with Crippen molar-refractivity contribution in [2.45, 2.75) is 16.6 Å².